The van der Waals surface area contributed by atoms with Gasteiger partial charge in [0.1, 0.15) is 0 Å². The molecule has 0 amide bonds. The summed E-state index contributed by atoms with van der Waals surface area (Å²) in [4.78, 5) is 2.66. The minimum atomic E-state index is 0.709. The lowest BCUT2D eigenvalue weighted by Gasteiger charge is -2.15. The van der Waals surface area contributed by atoms with Crippen molar-refractivity contribution < 1.29 is 0 Å². The quantitative estimate of drug-likeness (QED) is 0.837. The average Bonchev–Trinajstić information content (AvgIpc) is 2.93. The molecule has 3 rings (SSSR count). The van der Waals surface area contributed by atoms with Crippen molar-refractivity contribution in [1.82, 2.24) is 14.8 Å². The monoisotopic (exact) mass is 233 g/mol. The van der Waals surface area contributed by atoms with Crippen LogP contribution in [0.25, 0.3) is 0 Å². The third-order valence-corrected chi connectivity index (χ3v) is 4.05. The Morgan fingerprint density at radius 1 is 1.35 bits per heavy atom. The van der Waals surface area contributed by atoms with Gasteiger partial charge >= 0.3 is 0 Å². The SMILES string of the molecule is CCn1ccc(CNC2CCN(C3CC3)C2)c1. The van der Waals surface area contributed by atoms with Gasteiger partial charge in [0.05, 0.1) is 0 Å². The zero-order valence-corrected chi connectivity index (χ0v) is 10.7. The van der Waals surface area contributed by atoms with E-state index >= 15 is 0 Å². The van der Waals surface area contributed by atoms with Crippen LogP contribution in [0.3, 0.4) is 0 Å². The van der Waals surface area contributed by atoms with Crippen LogP contribution in [0, 0.1) is 0 Å². The fraction of sp³-hybridized carbons (Fsp3) is 0.714. The highest BCUT2D eigenvalue weighted by molar-refractivity contribution is 5.10. The average molecular weight is 233 g/mol. The molecule has 2 fully saturated rings. The second-order valence-corrected chi connectivity index (χ2v) is 5.44. The Morgan fingerprint density at radius 3 is 2.94 bits per heavy atom. The van der Waals surface area contributed by atoms with Crippen LogP contribution in [0.15, 0.2) is 18.5 Å². The van der Waals surface area contributed by atoms with Crippen LogP contribution in [0.4, 0.5) is 0 Å². The Bertz CT molecular complexity index is 367. The van der Waals surface area contributed by atoms with Crippen LogP contribution >= 0.6 is 0 Å². The molecule has 0 bridgehead atoms. The molecular weight excluding hydrogens is 210 g/mol. The van der Waals surface area contributed by atoms with Crippen molar-refractivity contribution in [3.63, 3.8) is 0 Å². The molecule has 94 valence electrons. The zero-order valence-electron chi connectivity index (χ0n) is 10.7. The molecule has 0 radical (unpaired) electrons. The van der Waals surface area contributed by atoms with Crippen molar-refractivity contribution in [2.24, 2.45) is 0 Å². The van der Waals surface area contributed by atoms with Crippen molar-refractivity contribution in [1.29, 1.82) is 0 Å². The minimum Gasteiger partial charge on any atom is -0.354 e. The summed E-state index contributed by atoms with van der Waals surface area (Å²) in [6.07, 6.45) is 8.62. The Balaban J connectivity index is 1.44. The number of nitrogens with one attached hydrogen (secondary N) is 1. The van der Waals surface area contributed by atoms with E-state index in [1.165, 1.54) is 37.9 Å². The first-order chi connectivity index (χ1) is 8.35. The van der Waals surface area contributed by atoms with Crippen molar-refractivity contribution in [2.45, 2.75) is 51.4 Å². The highest BCUT2D eigenvalue weighted by atomic mass is 15.2. The molecule has 1 aromatic heterocycles. The molecule has 17 heavy (non-hydrogen) atoms. The Hall–Kier alpha value is -0.800. The summed E-state index contributed by atoms with van der Waals surface area (Å²) in [7, 11) is 0. The zero-order chi connectivity index (χ0) is 11.7. The van der Waals surface area contributed by atoms with Crippen LogP contribution in [0.1, 0.15) is 31.7 Å². The highest BCUT2D eigenvalue weighted by Gasteiger charge is 2.33. The molecule has 1 atom stereocenters. The van der Waals surface area contributed by atoms with Crippen LogP contribution in [0.2, 0.25) is 0 Å². The fourth-order valence-corrected chi connectivity index (χ4v) is 2.78. The van der Waals surface area contributed by atoms with Gasteiger partial charge in [0, 0.05) is 50.7 Å². The number of aryl methyl sites for hydroxylation is 1. The van der Waals surface area contributed by atoms with Gasteiger partial charge in [0.2, 0.25) is 0 Å². The van der Waals surface area contributed by atoms with Gasteiger partial charge in [0.15, 0.2) is 0 Å². The van der Waals surface area contributed by atoms with Gasteiger partial charge in [-0.05, 0) is 37.8 Å². The molecule has 3 nitrogen and oxygen atoms in total. The smallest absolute Gasteiger partial charge is 0.0223 e. The van der Waals surface area contributed by atoms with E-state index in [2.05, 4.69) is 40.2 Å². The number of aromatic nitrogens is 1. The van der Waals surface area contributed by atoms with Gasteiger partial charge in [-0.15, -0.1) is 0 Å². The maximum atomic E-state index is 3.69. The number of hydrogen-bond acceptors (Lipinski definition) is 2. The molecule has 0 aromatic carbocycles. The lowest BCUT2D eigenvalue weighted by molar-refractivity contribution is 0.317. The summed E-state index contributed by atoms with van der Waals surface area (Å²) < 4.78 is 2.24. The van der Waals surface area contributed by atoms with Crippen molar-refractivity contribution in [3.05, 3.63) is 24.0 Å². The Labute approximate surface area is 104 Å². The van der Waals surface area contributed by atoms with Crippen molar-refractivity contribution in [3.8, 4) is 0 Å². The van der Waals surface area contributed by atoms with Gasteiger partial charge in [-0.1, -0.05) is 0 Å². The lowest BCUT2D eigenvalue weighted by Crippen LogP contribution is -2.32. The predicted octanol–water partition coefficient (Wildman–Crippen LogP) is 1.83. The number of rotatable bonds is 5. The summed E-state index contributed by atoms with van der Waals surface area (Å²) in [5.41, 5.74) is 1.41. The first kappa shape index (κ1) is 11.3. The molecule has 3 heteroatoms. The maximum Gasteiger partial charge on any atom is 0.0223 e. The number of hydrogen-bond donors (Lipinski definition) is 1. The summed E-state index contributed by atoms with van der Waals surface area (Å²) in [5, 5.41) is 3.69. The van der Waals surface area contributed by atoms with Crippen LogP contribution in [-0.2, 0) is 13.1 Å². The normalized spacial score (nSPS) is 25.6. The van der Waals surface area contributed by atoms with E-state index in [0.29, 0.717) is 6.04 Å². The van der Waals surface area contributed by atoms with Crippen LogP contribution < -0.4 is 5.32 Å². The fourth-order valence-electron chi connectivity index (χ4n) is 2.78. The van der Waals surface area contributed by atoms with Crippen molar-refractivity contribution >= 4 is 0 Å². The standard InChI is InChI=1S/C14H23N3/c1-2-16-7-5-12(10-16)9-15-13-6-8-17(11-13)14-3-4-14/h5,7,10,13-15H,2-4,6,8-9,11H2,1H3. The summed E-state index contributed by atoms with van der Waals surface area (Å²) in [6.45, 7) is 6.84. The van der Waals surface area contributed by atoms with Gasteiger partial charge in [0.25, 0.3) is 0 Å². The predicted molar refractivity (Wildman–Crippen MR) is 69.9 cm³/mol. The Kier molecular flexibility index (Phi) is 3.21. The molecule has 1 saturated heterocycles. The molecular formula is C14H23N3. The number of likely N-dealkylation sites (tertiary alicyclic amines) is 1. The van der Waals surface area contributed by atoms with E-state index in [0.717, 1.165) is 19.1 Å². The summed E-state index contributed by atoms with van der Waals surface area (Å²) in [6, 6.07) is 3.87. The molecule has 1 aliphatic carbocycles. The summed E-state index contributed by atoms with van der Waals surface area (Å²) in [5.74, 6) is 0. The third kappa shape index (κ3) is 2.72. The Morgan fingerprint density at radius 2 is 2.24 bits per heavy atom. The largest absolute Gasteiger partial charge is 0.354 e. The third-order valence-electron chi connectivity index (χ3n) is 4.05. The van der Waals surface area contributed by atoms with E-state index in [-0.39, 0.29) is 0 Å². The van der Waals surface area contributed by atoms with Crippen molar-refractivity contribution in [2.75, 3.05) is 13.1 Å². The molecule has 2 heterocycles. The van der Waals surface area contributed by atoms with E-state index in [9.17, 15) is 0 Å². The topological polar surface area (TPSA) is 20.2 Å². The molecule has 0 spiro atoms. The molecule has 1 aliphatic heterocycles. The molecule has 1 N–H and O–H groups in total. The van der Waals surface area contributed by atoms with E-state index in [1.54, 1.807) is 0 Å². The van der Waals surface area contributed by atoms with Gasteiger partial charge in [-0.3, -0.25) is 4.90 Å². The van der Waals surface area contributed by atoms with E-state index in [4.69, 9.17) is 0 Å². The number of nitrogens with zero attached hydrogens (tertiary/aromatic N) is 2. The minimum absolute atomic E-state index is 0.709. The lowest BCUT2D eigenvalue weighted by atomic mass is 10.2. The highest BCUT2D eigenvalue weighted by Crippen LogP contribution is 2.29. The van der Waals surface area contributed by atoms with Crippen LogP contribution in [0.5, 0.6) is 0 Å². The van der Waals surface area contributed by atoms with E-state index < -0.39 is 0 Å². The first-order valence-corrected chi connectivity index (χ1v) is 6.97. The van der Waals surface area contributed by atoms with Gasteiger partial charge in [-0.25, -0.2) is 0 Å². The molecule has 1 unspecified atom stereocenters. The second-order valence-electron chi connectivity index (χ2n) is 5.44. The van der Waals surface area contributed by atoms with Gasteiger partial charge in [-0.2, -0.15) is 0 Å². The van der Waals surface area contributed by atoms with Gasteiger partial charge < -0.3 is 9.88 Å². The molecule has 1 aromatic rings. The molecule has 2 aliphatic rings. The summed E-state index contributed by atoms with van der Waals surface area (Å²) >= 11 is 0. The molecule has 1 saturated carbocycles. The first-order valence-electron chi connectivity index (χ1n) is 6.97. The van der Waals surface area contributed by atoms with Crippen LogP contribution in [-0.4, -0.2) is 34.6 Å². The second kappa shape index (κ2) is 4.83. The van der Waals surface area contributed by atoms with E-state index in [1.807, 2.05) is 0 Å². The maximum absolute atomic E-state index is 3.69.